The Labute approximate surface area is 122 Å². The number of ether oxygens (including phenoxy) is 1. The fourth-order valence-electron chi connectivity index (χ4n) is 1.56. The molecule has 1 amide bonds. The minimum Gasteiger partial charge on any atom is -0.465 e. The van der Waals surface area contributed by atoms with Crippen LogP contribution in [0.25, 0.3) is 0 Å². The van der Waals surface area contributed by atoms with Crippen molar-refractivity contribution in [2.24, 2.45) is 5.73 Å². The first-order valence-electron chi connectivity index (χ1n) is 6.07. The summed E-state index contributed by atoms with van der Waals surface area (Å²) < 4.78 is 31.1. The maximum absolute atomic E-state index is 12.1. The van der Waals surface area contributed by atoms with Crippen molar-refractivity contribution in [2.45, 2.75) is 24.8 Å². The Morgan fingerprint density at radius 3 is 2.48 bits per heavy atom. The van der Waals surface area contributed by atoms with Crippen LogP contribution >= 0.6 is 0 Å². The summed E-state index contributed by atoms with van der Waals surface area (Å²) in [7, 11) is -4.02. The maximum Gasteiger partial charge on any atom is 0.323 e. The molecule has 8 nitrogen and oxygen atoms in total. The third kappa shape index (κ3) is 4.17. The topological polar surface area (TPSA) is 142 Å². The van der Waals surface area contributed by atoms with E-state index < -0.39 is 27.9 Å². The van der Waals surface area contributed by atoms with Gasteiger partial charge in [0.2, 0.25) is 15.9 Å². The van der Waals surface area contributed by atoms with E-state index >= 15 is 0 Å². The van der Waals surface area contributed by atoms with Crippen LogP contribution in [0.4, 0.5) is 5.69 Å². The van der Waals surface area contributed by atoms with Gasteiger partial charge in [0.05, 0.1) is 12.3 Å². The monoisotopic (exact) mass is 315 g/mol. The number of primary amides is 1. The molecule has 0 fully saturated rings. The molecule has 0 aliphatic rings. The number of amides is 1. The predicted molar refractivity (Wildman–Crippen MR) is 75.8 cm³/mol. The molecule has 9 heteroatoms. The zero-order chi connectivity index (χ0) is 16.2. The van der Waals surface area contributed by atoms with Gasteiger partial charge in [-0.1, -0.05) is 0 Å². The molecule has 0 saturated heterocycles. The van der Waals surface area contributed by atoms with Crippen molar-refractivity contribution in [3.63, 3.8) is 0 Å². The van der Waals surface area contributed by atoms with Gasteiger partial charge in [0.1, 0.15) is 10.9 Å². The van der Waals surface area contributed by atoms with Gasteiger partial charge in [-0.3, -0.25) is 9.59 Å². The molecule has 0 saturated carbocycles. The second-order valence-electron chi connectivity index (χ2n) is 4.21. The molecule has 1 aromatic rings. The van der Waals surface area contributed by atoms with Crippen LogP contribution in [0.5, 0.6) is 0 Å². The number of anilines is 1. The van der Waals surface area contributed by atoms with Crippen LogP contribution in [-0.2, 0) is 19.6 Å². The molecule has 0 spiro atoms. The van der Waals surface area contributed by atoms with Gasteiger partial charge in [0.25, 0.3) is 0 Å². The van der Waals surface area contributed by atoms with Gasteiger partial charge in [-0.2, -0.15) is 4.72 Å². The number of hydrogen-bond donors (Lipinski definition) is 3. The van der Waals surface area contributed by atoms with Gasteiger partial charge in [-0.05, 0) is 32.0 Å². The highest BCUT2D eigenvalue weighted by atomic mass is 32.2. The fraction of sp³-hybridized carbons (Fsp3) is 0.333. The lowest BCUT2D eigenvalue weighted by atomic mass is 10.2. The van der Waals surface area contributed by atoms with Crippen molar-refractivity contribution in [1.82, 2.24) is 4.72 Å². The van der Waals surface area contributed by atoms with Crippen LogP contribution in [0.15, 0.2) is 23.1 Å². The number of sulfonamides is 1. The molecule has 116 valence electrons. The van der Waals surface area contributed by atoms with E-state index in [4.69, 9.17) is 16.2 Å². The second-order valence-corrected chi connectivity index (χ2v) is 5.89. The first-order valence-corrected chi connectivity index (χ1v) is 7.55. The summed E-state index contributed by atoms with van der Waals surface area (Å²) in [5.74, 6) is -1.42. The molecule has 0 heterocycles. The average molecular weight is 315 g/mol. The van der Waals surface area contributed by atoms with Crippen molar-refractivity contribution in [3.05, 3.63) is 23.8 Å². The predicted octanol–water partition coefficient (Wildman–Crippen LogP) is -0.402. The van der Waals surface area contributed by atoms with Crippen LogP contribution in [0, 0.1) is 0 Å². The Morgan fingerprint density at radius 2 is 2.00 bits per heavy atom. The summed E-state index contributed by atoms with van der Waals surface area (Å²) in [6.07, 6.45) is 0. The van der Waals surface area contributed by atoms with Crippen molar-refractivity contribution >= 4 is 27.6 Å². The fourth-order valence-corrected chi connectivity index (χ4v) is 2.86. The molecule has 0 aromatic heterocycles. The molecule has 5 N–H and O–H groups in total. The number of carbonyl (C=O) groups is 2. The van der Waals surface area contributed by atoms with E-state index in [-0.39, 0.29) is 22.8 Å². The third-order valence-corrected chi connectivity index (χ3v) is 4.17. The van der Waals surface area contributed by atoms with Gasteiger partial charge in [0.15, 0.2) is 0 Å². The van der Waals surface area contributed by atoms with E-state index in [2.05, 4.69) is 4.72 Å². The lowest BCUT2D eigenvalue weighted by Crippen LogP contribution is -2.39. The van der Waals surface area contributed by atoms with Crippen LogP contribution in [0.1, 0.15) is 24.2 Å². The Kier molecular flexibility index (Phi) is 5.28. The van der Waals surface area contributed by atoms with Crippen molar-refractivity contribution < 1.29 is 22.7 Å². The van der Waals surface area contributed by atoms with Gasteiger partial charge >= 0.3 is 5.97 Å². The second kappa shape index (κ2) is 6.55. The SMILES string of the molecule is CCOC(=O)C(C)NS(=O)(=O)c1ccc(C(N)=O)cc1N. The summed E-state index contributed by atoms with van der Waals surface area (Å²) in [5, 5.41) is 0. The average Bonchev–Trinajstić information content (AvgIpc) is 2.37. The highest BCUT2D eigenvalue weighted by Crippen LogP contribution is 2.20. The zero-order valence-corrected chi connectivity index (χ0v) is 12.4. The summed E-state index contributed by atoms with van der Waals surface area (Å²) in [6.45, 7) is 3.10. The minimum absolute atomic E-state index is 0.0879. The summed E-state index contributed by atoms with van der Waals surface area (Å²) >= 11 is 0. The van der Waals surface area contributed by atoms with E-state index in [1.54, 1.807) is 6.92 Å². The molecule has 1 unspecified atom stereocenters. The normalized spacial score (nSPS) is 12.7. The van der Waals surface area contributed by atoms with Crippen LogP contribution in [-0.4, -0.2) is 32.9 Å². The molecular formula is C12H17N3O5S. The molecule has 0 bridgehead atoms. The Balaban J connectivity index is 3.03. The quantitative estimate of drug-likeness (QED) is 0.481. The molecule has 1 aromatic carbocycles. The number of rotatable bonds is 6. The Bertz CT molecular complexity index is 657. The van der Waals surface area contributed by atoms with Crippen molar-refractivity contribution in [3.8, 4) is 0 Å². The lowest BCUT2D eigenvalue weighted by molar-refractivity contribution is -0.144. The number of benzene rings is 1. The molecule has 0 aliphatic heterocycles. The largest absolute Gasteiger partial charge is 0.465 e. The molecule has 1 rings (SSSR count). The van der Waals surface area contributed by atoms with E-state index in [1.165, 1.54) is 13.0 Å². The molecule has 1 atom stereocenters. The van der Waals surface area contributed by atoms with Gasteiger partial charge < -0.3 is 16.2 Å². The maximum atomic E-state index is 12.1. The number of nitrogens with one attached hydrogen (secondary N) is 1. The van der Waals surface area contributed by atoms with Crippen molar-refractivity contribution in [2.75, 3.05) is 12.3 Å². The van der Waals surface area contributed by atoms with Crippen LogP contribution < -0.4 is 16.2 Å². The first-order chi connectivity index (χ1) is 9.69. The summed E-state index contributed by atoms with van der Waals surface area (Å²) in [5.41, 5.74) is 10.6. The van der Waals surface area contributed by atoms with Crippen LogP contribution in [0.2, 0.25) is 0 Å². The minimum atomic E-state index is -4.02. The summed E-state index contributed by atoms with van der Waals surface area (Å²) in [6, 6.07) is 2.48. The number of hydrogen-bond acceptors (Lipinski definition) is 6. The van der Waals surface area contributed by atoms with Crippen LogP contribution in [0.3, 0.4) is 0 Å². The van der Waals surface area contributed by atoms with E-state index in [0.29, 0.717) is 0 Å². The standard InChI is InChI=1S/C12H17N3O5S/c1-3-20-12(17)7(2)15-21(18,19)10-5-4-8(11(14)16)6-9(10)13/h4-7,15H,3,13H2,1-2H3,(H2,14,16). The highest BCUT2D eigenvalue weighted by Gasteiger charge is 2.24. The van der Waals surface area contributed by atoms with Gasteiger partial charge in [-0.15, -0.1) is 0 Å². The number of nitrogen functional groups attached to an aromatic ring is 1. The molecular weight excluding hydrogens is 298 g/mol. The van der Waals surface area contributed by atoms with E-state index in [0.717, 1.165) is 12.1 Å². The Hall–Kier alpha value is -2.13. The lowest BCUT2D eigenvalue weighted by Gasteiger charge is -2.14. The molecule has 21 heavy (non-hydrogen) atoms. The smallest absolute Gasteiger partial charge is 0.323 e. The number of esters is 1. The highest BCUT2D eigenvalue weighted by molar-refractivity contribution is 7.89. The molecule has 0 radical (unpaired) electrons. The third-order valence-electron chi connectivity index (χ3n) is 2.56. The van der Waals surface area contributed by atoms with E-state index in [9.17, 15) is 18.0 Å². The number of nitrogens with two attached hydrogens (primary N) is 2. The molecule has 0 aliphatic carbocycles. The van der Waals surface area contributed by atoms with E-state index in [1.807, 2.05) is 0 Å². The van der Waals surface area contributed by atoms with Gasteiger partial charge in [-0.25, -0.2) is 8.42 Å². The summed E-state index contributed by atoms with van der Waals surface area (Å²) in [4.78, 5) is 22.2. The van der Waals surface area contributed by atoms with Gasteiger partial charge in [0, 0.05) is 5.56 Å². The Morgan fingerprint density at radius 1 is 1.38 bits per heavy atom. The number of carbonyl (C=O) groups excluding carboxylic acids is 2. The zero-order valence-electron chi connectivity index (χ0n) is 11.6. The first kappa shape index (κ1) is 16.9. The van der Waals surface area contributed by atoms with Crippen molar-refractivity contribution in [1.29, 1.82) is 0 Å².